The maximum Gasteiger partial charge on any atom is 0.295 e. The van der Waals surface area contributed by atoms with Crippen molar-refractivity contribution in [3.8, 4) is 28.4 Å². The Hall–Kier alpha value is -4.35. The Morgan fingerprint density at radius 1 is 0.974 bits per heavy atom. The Labute approximate surface area is 224 Å². The van der Waals surface area contributed by atoms with Crippen LogP contribution in [0.15, 0.2) is 86.8 Å². The molecule has 11 heteroatoms. The van der Waals surface area contributed by atoms with Gasteiger partial charge in [0.05, 0.1) is 35.4 Å². The third-order valence-electron chi connectivity index (χ3n) is 6.42. The summed E-state index contributed by atoms with van der Waals surface area (Å²) < 4.78 is 12.8. The minimum atomic E-state index is -0.499. The van der Waals surface area contributed by atoms with E-state index in [0.717, 1.165) is 14.8 Å². The Morgan fingerprint density at radius 2 is 1.74 bits per heavy atom. The highest BCUT2D eigenvalue weighted by molar-refractivity contribution is 9.10. The number of morpholine rings is 1. The summed E-state index contributed by atoms with van der Waals surface area (Å²) in [5.41, 5.74) is 2.07. The van der Waals surface area contributed by atoms with E-state index >= 15 is 0 Å². The van der Waals surface area contributed by atoms with E-state index in [9.17, 15) is 14.9 Å². The summed E-state index contributed by atoms with van der Waals surface area (Å²) in [5.74, 6) is 0.430. The lowest BCUT2D eigenvalue weighted by molar-refractivity contribution is -0.384. The van der Waals surface area contributed by atoms with E-state index in [0.29, 0.717) is 59.8 Å². The number of fused-ring (bicyclic) bond motifs is 1. The lowest BCUT2D eigenvalue weighted by atomic mass is 10.0. The van der Waals surface area contributed by atoms with Crippen molar-refractivity contribution in [3.05, 3.63) is 98.1 Å². The lowest BCUT2D eigenvalue weighted by Gasteiger charge is -2.29. The molecular formula is C27H20BrN5O5. The summed E-state index contributed by atoms with van der Waals surface area (Å²) >= 11 is 3.55. The summed E-state index contributed by atoms with van der Waals surface area (Å²) in [6, 6.07) is 17.5. The van der Waals surface area contributed by atoms with Crippen LogP contribution in [0.25, 0.3) is 39.2 Å². The molecule has 0 unspecified atom stereocenters. The monoisotopic (exact) mass is 573 g/mol. The van der Waals surface area contributed by atoms with E-state index in [-0.39, 0.29) is 11.4 Å². The van der Waals surface area contributed by atoms with Crippen LogP contribution in [-0.4, -0.2) is 46.0 Å². The predicted molar refractivity (Wildman–Crippen MR) is 146 cm³/mol. The minimum Gasteiger partial charge on any atom is -0.445 e. The zero-order chi connectivity index (χ0) is 26.2. The second-order valence-electron chi connectivity index (χ2n) is 8.71. The number of nitro benzene ring substituents is 1. The highest BCUT2D eigenvalue weighted by atomic mass is 79.9. The third-order valence-corrected chi connectivity index (χ3v) is 6.87. The average Bonchev–Trinajstić information content (AvgIpc) is 3.49. The van der Waals surface area contributed by atoms with Crippen LogP contribution in [0.4, 0.5) is 11.4 Å². The molecule has 3 heterocycles. The van der Waals surface area contributed by atoms with Gasteiger partial charge < -0.3 is 14.1 Å². The van der Waals surface area contributed by atoms with Gasteiger partial charge in [-0.2, -0.15) is 9.78 Å². The van der Waals surface area contributed by atoms with Gasteiger partial charge in [-0.05, 0) is 36.4 Å². The number of nitrogens with zero attached hydrogens (tertiary/aromatic N) is 5. The van der Waals surface area contributed by atoms with Gasteiger partial charge in [-0.25, -0.2) is 4.98 Å². The van der Waals surface area contributed by atoms with Gasteiger partial charge in [0.2, 0.25) is 5.89 Å². The first-order valence-corrected chi connectivity index (χ1v) is 12.6. The summed E-state index contributed by atoms with van der Waals surface area (Å²) in [5, 5.41) is 17.8. The molecule has 6 rings (SSSR count). The van der Waals surface area contributed by atoms with Gasteiger partial charge in [-0.1, -0.05) is 34.1 Å². The molecule has 1 aliphatic rings. The first-order chi connectivity index (χ1) is 18.5. The number of rotatable bonds is 5. The van der Waals surface area contributed by atoms with E-state index in [2.05, 4.69) is 25.8 Å². The molecule has 0 N–H and O–H groups in total. The molecule has 5 aromatic rings. The molecule has 0 saturated carbocycles. The van der Waals surface area contributed by atoms with Crippen LogP contribution in [0.1, 0.15) is 0 Å². The molecule has 0 spiro atoms. The number of anilines is 1. The number of hydrogen-bond donors (Lipinski definition) is 0. The summed E-state index contributed by atoms with van der Waals surface area (Å²) in [6.07, 6.45) is 3.05. The van der Waals surface area contributed by atoms with Gasteiger partial charge in [-0.15, -0.1) is 0 Å². The maximum atomic E-state index is 13.7. The summed E-state index contributed by atoms with van der Waals surface area (Å²) in [7, 11) is 0. The molecule has 0 atom stereocenters. The van der Waals surface area contributed by atoms with Gasteiger partial charge in [-0.3, -0.25) is 14.9 Å². The second kappa shape index (κ2) is 9.84. The van der Waals surface area contributed by atoms with Crippen LogP contribution >= 0.6 is 15.9 Å². The number of aromatic nitrogens is 3. The molecule has 1 saturated heterocycles. The van der Waals surface area contributed by atoms with Crippen molar-refractivity contribution >= 4 is 38.1 Å². The molecule has 3 aromatic carbocycles. The first-order valence-electron chi connectivity index (χ1n) is 11.8. The van der Waals surface area contributed by atoms with Gasteiger partial charge >= 0.3 is 0 Å². The van der Waals surface area contributed by atoms with Crippen molar-refractivity contribution < 1.29 is 14.1 Å². The Balaban J connectivity index is 1.61. The number of oxazole rings is 1. The van der Waals surface area contributed by atoms with Crippen LogP contribution in [0, 0.1) is 10.1 Å². The number of benzene rings is 3. The quantitative estimate of drug-likeness (QED) is 0.207. The third kappa shape index (κ3) is 4.35. The Morgan fingerprint density at radius 3 is 2.47 bits per heavy atom. The molecule has 1 fully saturated rings. The highest BCUT2D eigenvalue weighted by Gasteiger charge is 2.23. The minimum absolute atomic E-state index is 0.0962. The molecule has 190 valence electrons. The van der Waals surface area contributed by atoms with E-state index in [1.165, 1.54) is 12.3 Å². The number of hydrogen-bond acceptors (Lipinski definition) is 8. The van der Waals surface area contributed by atoms with Crippen molar-refractivity contribution in [1.82, 2.24) is 14.8 Å². The van der Waals surface area contributed by atoms with Gasteiger partial charge in [0, 0.05) is 45.8 Å². The maximum absolute atomic E-state index is 13.7. The highest BCUT2D eigenvalue weighted by Crippen LogP contribution is 2.34. The summed E-state index contributed by atoms with van der Waals surface area (Å²) in [4.78, 5) is 31.6. The smallest absolute Gasteiger partial charge is 0.295 e. The Kier molecular flexibility index (Phi) is 6.22. The lowest BCUT2D eigenvalue weighted by Crippen LogP contribution is -2.36. The fraction of sp³-hybridized carbons (Fsp3) is 0.148. The molecule has 0 radical (unpaired) electrons. The SMILES string of the molecule is O=c1c2ccccc2c(-c2cc(Br)cc(-c3ncco3)c2)nn1-c1cc(N2CCOCC2)ccc1[N+](=O)[O-]. The molecule has 0 amide bonds. The molecule has 0 bridgehead atoms. The molecular weight excluding hydrogens is 554 g/mol. The van der Waals surface area contributed by atoms with Crippen molar-refractivity contribution in [2.75, 3.05) is 31.2 Å². The molecule has 1 aliphatic heterocycles. The van der Waals surface area contributed by atoms with Gasteiger partial charge in [0.25, 0.3) is 11.2 Å². The van der Waals surface area contributed by atoms with Crippen molar-refractivity contribution in [3.63, 3.8) is 0 Å². The zero-order valence-electron chi connectivity index (χ0n) is 19.9. The van der Waals surface area contributed by atoms with Crippen LogP contribution in [0.2, 0.25) is 0 Å². The van der Waals surface area contributed by atoms with Gasteiger partial charge in [0.15, 0.2) is 0 Å². The largest absolute Gasteiger partial charge is 0.445 e. The average molecular weight is 574 g/mol. The van der Waals surface area contributed by atoms with Crippen LogP contribution in [0.5, 0.6) is 0 Å². The van der Waals surface area contributed by atoms with E-state index in [4.69, 9.17) is 14.3 Å². The molecule has 0 aliphatic carbocycles. The topological polar surface area (TPSA) is 117 Å². The normalized spacial score (nSPS) is 13.7. The van der Waals surface area contributed by atoms with Gasteiger partial charge in [0.1, 0.15) is 12.0 Å². The van der Waals surface area contributed by atoms with Crippen LogP contribution < -0.4 is 10.5 Å². The fourth-order valence-corrected chi connectivity index (χ4v) is 5.13. The first kappa shape index (κ1) is 24.0. The molecule has 10 nitrogen and oxygen atoms in total. The Bertz CT molecular complexity index is 1730. The van der Waals surface area contributed by atoms with Crippen LogP contribution in [-0.2, 0) is 4.74 Å². The van der Waals surface area contributed by atoms with Crippen molar-refractivity contribution in [2.45, 2.75) is 0 Å². The van der Waals surface area contributed by atoms with Crippen molar-refractivity contribution in [2.24, 2.45) is 0 Å². The van der Waals surface area contributed by atoms with Crippen molar-refractivity contribution in [1.29, 1.82) is 0 Å². The zero-order valence-corrected chi connectivity index (χ0v) is 21.5. The summed E-state index contributed by atoms with van der Waals surface area (Å²) in [6.45, 7) is 2.40. The fourth-order valence-electron chi connectivity index (χ4n) is 4.64. The standard InChI is InChI=1S/C27H20BrN5O5/c28-19-14-17(13-18(15-19)26-29-7-10-38-26)25-21-3-1-2-4-22(21)27(34)32(30-25)24-16-20(5-6-23(24)33(35)36)31-8-11-37-12-9-31/h1-7,10,13-16H,8-9,11-12H2. The van der Waals surface area contributed by atoms with E-state index in [1.807, 2.05) is 30.3 Å². The van der Waals surface area contributed by atoms with E-state index in [1.54, 1.807) is 30.5 Å². The molecule has 2 aromatic heterocycles. The number of ether oxygens (including phenoxy) is 1. The van der Waals surface area contributed by atoms with E-state index < -0.39 is 10.5 Å². The second-order valence-corrected chi connectivity index (χ2v) is 9.62. The number of nitro groups is 1. The molecule has 38 heavy (non-hydrogen) atoms. The number of halogens is 1. The van der Waals surface area contributed by atoms with Crippen LogP contribution in [0.3, 0.4) is 0 Å². The predicted octanol–water partition coefficient (Wildman–Crippen LogP) is 5.22.